The van der Waals surface area contributed by atoms with E-state index in [2.05, 4.69) is 22.2 Å². The molecule has 1 aromatic rings. The maximum atomic E-state index is 5.61. The van der Waals surface area contributed by atoms with Gasteiger partial charge in [0.05, 0.1) is 13.2 Å². The maximum absolute atomic E-state index is 5.61. The average Bonchev–Trinajstić information content (AvgIpc) is 2.39. The van der Waals surface area contributed by atoms with E-state index in [1.54, 1.807) is 7.11 Å². The number of rotatable bonds is 9. The normalized spacial score (nSPS) is 10.4. The first-order chi connectivity index (χ1) is 8.80. The van der Waals surface area contributed by atoms with E-state index in [9.17, 15) is 0 Å². The zero-order valence-electron chi connectivity index (χ0n) is 11.5. The Hall–Kier alpha value is -1.36. The minimum Gasteiger partial charge on any atom is -0.478 e. The fraction of sp³-hybridized carbons (Fsp3) is 0.692. The van der Waals surface area contributed by atoms with Crippen molar-refractivity contribution in [1.82, 2.24) is 9.97 Å². The molecule has 0 spiro atoms. The molecule has 0 fully saturated rings. The van der Waals surface area contributed by atoms with Crippen LogP contribution in [0.5, 0.6) is 5.88 Å². The Labute approximate surface area is 109 Å². The SMILES string of the molecule is CCCCOc1cc(NCCOC)nc(CC)n1. The largest absolute Gasteiger partial charge is 0.478 e. The second-order valence-electron chi connectivity index (χ2n) is 3.98. The molecular weight excluding hydrogens is 230 g/mol. The van der Waals surface area contributed by atoms with Crippen LogP contribution in [-0.2, 0) is 11.2 Å². The van der Waals surface area contributed by atoms with E-state index >= 15 is 0 Å². The molecule has 1 heterocycles. The van der Waals surface area contributed by atoms with Gasteiger partial charge in [0, 0.05) is 26.1 Å². The highest BCUT2D eigenvalue weighted by Gasteiger charge is 2.04. The Bertz CT molecular complexity index is 317. The zero-order valence-corrected chi connectivity index (χ0v) is 11.5. The number of hydrogen-bond donors (Lipinski definition) is 1. The van der Waals surface area contributed by atoms with Gasteiger partial charge in [-0.2, -0.15) is 4.98 Å². The van der Waals surface area contributed by atoms with Gasteiger partial charge in [-0.15, -0.1) is 0 Å². The average molecular weight is 253 g/mol. The molecule has 0 saturated heterocycles. The lowest BCUT2D eigenvalue weighted by Crippen LogP contribution is -2.11. The Balaban J connectivity index is 2.62. The molecule has 1 aromatic heterocycles. The summed E-state index contributed by atoms with van der Waals surface area (Å²) in [5.74, 6) is 2.24. The maximum Gasteiger partial charge on any atom is 0.218 e. The second-order valence-corrected chi connectivity index (χ2v) is 3.98. The van der Waals surface area contributed by atoms with E-state index in [1.807, 2.05) is 13.0 Å². The summed E-state index contributed by atoms with van der Waals surface area (Å²) in [4.78, 5) is 8.74. The van der Waals surface area contributed by atoms with Crippen molar-refractivity contribution in [3.05, 3.63) is 11.9 Å². The highest BCUT2D eigenvalue weighted by molar-refractivity contribution is 5.38. The molecule has 1 N–H and O–H groups in total. The van der Waals surface area contributed by atoms with Crippen LogP contribution in [-0.4, -0.2) is 36.8 Å². The number of hydrogen-bond acceptors (Lipinski definition) is 5. The van der Waals surface area contributed by atoms with Gasteiger partial charge in [0.1, 0.15) is 11.6 Å². The smallest absolute Gasteiger partial charge is 0.218 e. The van der Waals surface area contributed by atoms with Crippen LogP contribution in [0.1, 0.15) is 32.5 Å². The molecule has 0 aromatic carbocycles. The van der Waals surface area contributed by atoms with Gasteiger partial charge < -0.3 is 14.8 Å². The number of nitrogens with zero attached hydrogens (tertiary/aromatic N) is 2. The molecule has 0 atom stereocenters. The van der Waals surface area contributed by atoms with E-state index < -0.39 is 0 Å². The monoisotopic (exact) mass is 253 g/mol. The van der Waals surface area contributed by atoms with Gasteiger partial charge in [0.2, 0.25) is 5.88 Å². The molecule has 5 heteroatoms. The van der Waals surface area contributed by atoms with Gasteiger partial charge in [-0.05, 0) is 6.42 Å². The van der Waals surface area contributed by atoms with Gasteiger partial charge in [0.25, 0.3) is 0 Å². The fourth-order valence-corrected chi connectivity index (χ4v) is 1.40. The molecule has 18 heavy (non-hydrogen) atoms. The van der Waals surface area contributed by atoms with Gasteiger partial charge in [0.15, 0.2) is 0 Å². The van der Waals surface area contributed by atoms with Crippen LogP contribution < -0.4 is 10.1 Å². The minimum absolute atomic E-state index is 0.648. The first-order valence-corrected chi connectivity index (χ1v) is 6.53. The minimum atomic E-state index is 0.648. The highest BCUT2D eigenvalue weighted by atomic mass is 16.5. The molecule has 0 saturated carbocycles. The van der Waals surface area contributed by atoms with Crippen molar-refractivity contribution in [3.63, 3.8) is 0 Å². The first-order valence-electron chi connectivity index (χ1n) is 6.53. The van der Waals surface area contributed by atoms with Crippen molar-refractivity contribution in [3.8, 4) is 5.88 Å². The number of aryl methyl sites for hydroxylation is 1. The van der Waals surface area contributed by atoms with Crippen LogP contribution in [0.25, 0.3) is 0 Å². The summed E-state index contributed by atoms with van der Waals surface area (Å²) in [6.07, 6.45) is 2.95. The molecule has 1 rings (SSSR count). The number of nitrogens with one attached hydrogen (secondary N) is 1. The van der Waals surface area contributed by atoms with E-state index in [-0.39, 0.29) is 0 Å². The Morgan fingerprint density at radius 1 is 1.22 bits per heavy atom. The van der Waals surface area contributed by atoms with Crippen LogP contribution in [0.4, 0.5) is 5.82 Å². The van der Waals surface area contributed by atoms with E-state index in [4.69, 9.17) is 9.47 Å². The molecule has 0 aliphatic heterocycles. The number of aromatic nitrogens is 2. The molecule has 0 aliphatic rings. The fourth-order valence-electron chi connectivity index (χ4n) is 1.40. The molecule has 0 radical (unpaired) electrons. The Morgan fingerprint density at radius 2 is 2.06 bits per heavy atom. The first kappa shape index (κ1) is 14.7. The van der Waals surface area contributed by atoms with Gasteiger partial charge in [-0.3, -0.25) is 0 Å². The van der Waals surface area contributed by atoms with Crippen molar-refractivity contribution in [2.24, 2.45) is 0 Å². The van der Waals surface area contributed by atoms with E-state index in [0.29, 0.717) is 19.1 Å². The standard InChI is InChI=1S/C13H23N3O2/c1-4-6-8-18-13-10-12(14-7-9-17-3)15-11(5-2)16-13/h10H,4-9H2,1-3H3,(H,14,15,16). The third-order valence-corrected chi connectivity index (χ3v) is 2.43. The summed E-state index contributed by atoms with van der Waals surface area (Å²) in [7, 11) is 1.68. The lowest BCUT2D eigenvalue weighted by Gasteiger charge is -2.10. The van der Waals surface area contributed by atoms with Gasteiger partial charge >= 0.3 is 0 Å². The van der Waals surface area contributed by atoms with Crippen LogP contribution in [0.15, 0.2) is 6.07 Å². The molecule has 5 nitrogen and oxygen atoms in total. The zero-order chi connectivity index (χ0) is 13.2. The second kappa shape index (κ2) is 8.69. The third kappa shape index (κ3) is 5.31. The predicted molar refractivity (Wildman–Crippen MR) is 72.2 cm³/mol. The van der Waals surface area contributed by atoms with Crippen molar-refractivity contribution >= 4 is 5.82 Å². The molecule has 0 amide bonds. The highest BCUT2D eigenvalue weighted by Crippen LogP contribution is 2.14. The van der Waals surface area contributed by atoms with Crippen molar-refractivity contribution in [2.45, 2.75) is 33.1 Å². The van der Waals surface area contributed by atoms with Gasteiger partial charge in [-0.25, -0.2) is 4.98 Å². The third-order valence-electron chi connectivity index (χ3n) is 2.43. The summed E-state index contributed by atoms with van der Waals surface area (Å²) in [5, 5.41) is 3.19. The Morgan fingerprint density at radius 3 is 2.72 bits per heavy atom. The summed E-state index contributed by atoms with van der Waals surface area (Å²) >= 11 is 0. The summed E-state index contributed by atoms with van der Waals surface area (Å²) in [5.41, 5.74) is 0. The van der Waals surface area contributed by atoms with Crippen LogP contribution in [0.2, 0.25) is 0 Å². The quantitative estimate of drug-likeness (QED) is 0.684. The predicted octanol–water partition coefficient (Wildman–Crippen LogP) is 2.28. The van der Waals surface area contributed by atoms with Crippen molar-refractivity contribution in [1.29, 1.82) is 0 Å². The van der Waals surface area contributed by atoms with Crippen molar-refractivity contribution < 1.29 is 9.47 Å². The van der Waals surface area contributed by atoms with Crippen LogP contribution in [0.3, 0.4) is 0 Å². The van der Waals surface area contributed by atoms with E-state index in [1.165, 1.54) is 0 Å². The summed E-state index contributed by atoms with van der Waals surface area (Å²) < 4.78 is 10.6. The molecule has 0 aliphatic carbocycles. The summed E-state index contributed by atoms with van der Waals surface area (Å²) in [6.45, 7) is 6.25. The molecule has 102 valence electrons. The lowest BCUT2D eigenvalue weighted by atomic mass is 10.4. The van der Waals surface area contributed by atoms with Crippen molar-refractivity contribution in [2.75, 3.05) is 32.2 Å². The molecule has 0 unspecified atom stereocenters. The van der Waals surface area contributed by atoms with Crippen LogP contribution >= 0.6 is 0 Å². The van der Waals surface area contributed by atoms with Gasteiger partial charge in [-0.1, -0.05) is 20.3 Å². The number of methoxy groups -OCH3 is 1. The topological polar surface area (TPSA) is 56.3 Å². The summed E-state index contributed by atoms with van der Waals surface area (Å²) in [6, 6.07) is 1.84. The Kier molecular flexibility index (Phi) is 7.10. The van der Waals surface area contributed by atoms with Crippen LogP contribution in [0, 0.1) is 0 Å². The molecular formula is C13H23N3O2. The lowest BCUT2D eigenvalue weighted by molar-refractivity contribution is 0.210. The van der Waals surface area contributed by atoms with E-state index in [0.717, 1.165) is 37.4 Å². The molecule has 0 bridgehead atoms. The number of unbranched alkanes of at least 4 members (excludes halogenated alkanes) is 1. The number of anilines is 1. The number of ether oxygens (including phenoxy) is 2.